The van der Waals surface area contributed by atoms with E-state index in [2.05, 4.69) is 0 Å². The van der Waals surface area contributed by atoms with Gasteiger partial charge in [0, 0.05) is 42.3 Å². The molecule has 0 saturated heterocycles. The van der Waals surface area contributed by atoms with E-state index in [1.54, 1.807) is 12.1 Å². The summed E-state index contributed by atoms with van der Waals surface area (Å²) in [5.74, 6) is 0. The summed E-state index contributed by atoms with van der Waals surface area (Å²) in [4.78, 5) is 0.674. The van der Waals surface area contributed by atoms with Crippen LogP contribution in [0.25, 0.3) is 75.1 Å². The topological polar surface area (TPSA) is 16.4 Å². The van der Waals surface area contributed by atoms with Gasteiger partial charge in [0.15, 0.2) is 0 Å². The quantitative estimate of drug-likeness (QED) is 0.182. The Morgan fingerprint density at radius 3 is 2.22 bits per heavy atom. The maximum atomic E-state index is 10.0. The fourth-order valence-corrected chi connectivity index (χ4v) is 7.12. The van der Waals surface area contributed by atoms with Crippen LogP contribution in [0, 0.1) is 0 Å². The number of hydrogen-bond acceptors (Lipinski definition) is 3. The van der Waals surface area contributed by atoms with E-state index in [0.717, 1.165) is 10.1 Å². The predicted molar refractivity (Wildman–Crippen MR) is 210 cm³/mol. The van der Waals surface area contributed by atoms with Gasteiger partial charge in [-0.25, -0.2) is 0 Å². The van der Waals surface area contributed by atoms with Crippen molar-refractivity contribution in [2.24, 2.45) is 0 Å². The number of nitrogens with zero attached hydrogens (tertiary/aromatic N) is 1. The first-order valence-corrected chi connectivity index (χ1v) is 15.6. The van der Waals surface area contributed by atoms with Gasteiger partial charge in [-0.15, -0.1) is 11.3 Å². The van der Waals surface area contributed by atoms with Crippen molar-refractivity contribution in [3.63, 3.8) is 0 Å². The van der Waals surface area contributed by atoms with Crippen molar-refractivity contribution in [3.8, 4) is 22.3 Å². The smallest absolute Gasteiger partial charge is 0.143 e. The molecule has 0 fully saturated rings. The first kappa shape index (κ1) is 13.8. The number of thiophene rings is 1. The van der Waals surface area contributed by atoms with E-state index in [1.807, 2.05) is 30.3 Å². The molecule has 2 aromatic heterocycles. The molecule has 230 valence electrons. The van der Waals surface area contributed by atoms with Crippen molar-refractivity contribution in [2.45, 2.75) is 0 Å². The third-order valence-corrected chi connectivity index (χ3v) is 9.27. The molecular formula is C46H29NOS. The van der Waals surface area contributed by atoms with Gasteiger partial charge in [0.1, 0.15) is 11.2 Å². The lowest BCUT2D eigenvalue weighted by molar-refractivity contribution is 0.672. The molecule has 0 aliphatic carbocycles. The molecule has 3 heteroatoms. The van der Waals surface area contributed by atoms with Crippen LogP contribution in [0.1, 0.15) is 30.2 Å². The number of hydrogen-bond donors (Lipinski definition) is 0. The average molecular weight is 666 g/mol. The normalized spacial score (nSPS) is 18.0. The van der Waals surface area contributed by atoms with Gasteiger partial charge in [0.05, 0.1) is 41.2 Å². The van der Waals surface area contributed by atoms with Gasteiger partial charge in [-0.2, -0.15) is 0 Å². The van der Waals surface area contributed by atoms with Crippen molar-refractivity contribution in [1.82, 2.24) is 0 Å². The lowest BCUT2D eigenvalue weighted by atomic mass is 10.0. The van der Waals surface area contributed by atoms with Crippen LogP contribution < -0.4 is 4.90 Å². The molecule has 0 atom stereocenters. The fraction of sp³-hybridized carbons (Fsp3) is 0. The van der Waals surface area contributed by atoms with Crippen molar-refractivity contribution in [3.05, 3.63) is 175 Å². The molecular weight excluding hydrogens is 615 g/mol. The Morgan fingerprint density at radius 1 is 0.531 bits per heavy atom. The number of anilines is 3. The first-order chi connectivity index (χ1) is 33.5. The Hall–Kier alpha value is -6.16. The van der Waals surface area contributed by atoms with Crippen molar-refractivity contribution < 1.29 is 34.6 Å². The summed E-state index contributed by atoms with van der Waals surface area (Å²) in [6.07, 6.45) is 0. The Bertz CT molecular complexity index is 4050. The highest BCUT2D eigenvalue weighted by Crippen LogP contribution is 2.46. The van der Waals surface area contributed by atoms with Gasteiger partial charge in [0.2, 0.25) is 0 Å². The maximum Gasteiger partial charge on any atom is 0.143 e. The number of fused-ring (bicyclic) bond motifs is 8. The van der Waals surface area contributed by atoms with Crippen molar-refractivity contribution in [1.29, 1.82) is 0 Å². The number of rotatable bonds is 5. The Balaban J connectivity index is 1.44. The minimum absolute atomic E-state index is 0.227. The van der Waals surface area contributed by atoms with Gasteiger partial charge in [0.25, 0.3) is 0 Å². The standard InChI is InChI=1S/C46H29NOS/c1-2-11-30(12-3-1)31-23-26-34(27-24-31)47(41-20-10-21-42-44(41)40-28-25-32-13-4-5-16-36(32)45(40)48-42)35-15-8-14-33(29-35)37-18-9-19-39-38-17-6-7-22-43(38)49-46(37)39/h1-29H/i1D,2D,3D,4D,5D,8D,10D,11D,12D,13D,14D,15D,16D,20D,21D,23D,24D,25D,26D,27D,28D,29D. The van der Waals surface area contributed by atoms with Crippen LogP contribution in [0.15, 0.2) is 180 Å². The molecule has 0 radical (unpaired) electrons. The van der Waals surface area contributed by atoms with E-state index in [-0.39, 0.29) is 11.1 Å². The minimum Gasteiger partial charge on any atom is -0.455 e. The fourth-order valence-electron chi connectivity index (χ4n) is 5.90. The molecule has 10 rings (SSSR count). The average Bonchev–Trinajstić information content (AvgIpc) is 3.94. The van der Waals surface area contributed by atoms with E-state index in [9.17, 15) is 13.7 Å². The zero-order chi connectivity index (χ0) is 51.5. The predicted octanol–water partition coefficient (Wildman–Crippen LogP) is 13.9. The Morgan fingerprint density at radius 2 is 1.31 bits per heavy atom. The first-order valence-electron chi connectivity index (χ1n) is 25.8. The Labute approximate surface area is 318 Å². The molecule has 0 unspecified atom stereocenters. The molecule has 2 heterocycles. The molecule has 10 aromatic rings. The molecule has 0 N–H and O–H groups in total. The lowest BCUT2D eigenvalue weighted by Gasteiger charge is -2.27. The van der Waals surface area contributed by atoms with Gasteiger partial charge < -0.3 is 9.32 Å². The second-order valence-electron chi connectivity index (χ2n) is 10.8. The van der Waals surface area contributed by atoms with Gasteiger partial charge in [-0.3, -0.25) is 0 Å². The molecule has 0 spiro atoms. The SMILES string of the molecule is [2H]c1c([2H])c([2H])c(-c2c([2H])c([2H])c(N(c3c([2H])c([2H])c([2H])c(-c4cccc5c4sc4ccccc45)c3[2H])c3c([2H])c([2H])c([2H])c4oc5c6c([2H])c([2H])c([2H])c([2H])c6c([2H])c([2H])c5c34)c([2H])c2[2H])c([2H])c1[2H]. The summed E-state index contributed by atoms with van der Waals surface area (Å²) in [7, 11) is 0. The van der Waals surface area contributed by atoms with E-state index in [4.69, 9.17) is 20.9 Å². The van der Waals surface area contributed by atoms with E-state index < -0.39 is 194 Å². The molecule has 0 aliphatic heterocycles. The summed E-state index contributed by atoms with van der Waals surface area (Å²) in [5, 5.41) is -0.397. The summed E-state index contributed by atoms with van der Waals surface area (Å²) >= 11 is 1.30. The second kappa shape index (κ2) is 11.2. The second-order valence-corrected chi connectivity index (χ2v) is 11.8. The summed E-state index contributed by atoms with van der Waals surface area (Å²) in [6.45, 7) is 0. The molecule has 0 amide bonds. The molecule has 0 saturated carbocycles. The summed E-state index contributed by atoms with van der Waals surface area (Å²) in [5.41, 5.74) is -5.15. The van der Waals surface area contributed by atoms with Gasteiger partial charge >= 0.3 is 0 Å². The highest BCUT2D eigenvalue weighted by atomic mass is 32.1. The molecule has 0 aliphatic rings. The van der Waals surface area contributed by atoms with Crippen LogP contribution in [0.3, 0.4) is 0 Å². The van der Waals surface area contributed by atoms with Crippen LogP contribution in [0.5, 0.6) is 0 Å². The molecule has 8 aromatic carbocycles. The number of furan rings is 1. The van der Waals surface area contributed by atoms with Crippen LogP contribution in [-0.4, -0.2) is 0 Å². The monoisotopic (exact) mass is 665 g/mol. The molecule has 2 nitrogen and oxygen atoms in total. The maximum absolute atomic E-state index is 10.0. The van der Waals surface area contributed by atoms with Crippen LogP contribution in [0.2, 0.25) is 0 Å². The van der Waals surface area contributed by atoms with Gasteiger partial charge in [-0.05, 0) is 76.0 Å². The third kappa shape index (κ3) is 4.55. The van der Waals surface area contributed by atoms with E-state index in [1.165, 1.54) is 11.3 Å². The zero-order valence-electron chi connectivity index (χ0n) is 46.8. The summed E-state index contributed by atoms with van der Waals surface area (Å²) in [6, 6.07) is -6.46. The van der Waals surface area contributed by atoms with Crippen LogP contribution in [-0.2, 0) is 0 Å². The van der Waals surface area contributed by atoms with Crippen molar-refractivity contribution >= 4 is 81.3 Å². The number of benzene rings is 8. The van der Waals surface area contributed by atoms with E-state index >= 15 is 0 Å². The minimum atomic E-state index is -1.07. The molecule has 0 bridgehead atoms. The Kier molecular flexibility index (Phi) is 3.15. The van der Waals surface area contributed by atoms with E-state index in [0.29, 0.717) is 15.0 Å². The largest absolute Gasteiger partial charge is 0.455 e. The highest BCUT2D eigenvalue weighted by molar-refractivity contribution is 7.26. The third-order valence-electron chi connectivity index (χ3n) is 8.05. The van der Waals surface area contributed by atoms with Crippen LogP contribution in [0.4, 0.5) is 17.1 Å². The van der Waals surface area contributed by atoms with Crippen LogP contribution >= 0.6 is 11.3 Å². The zero-order valence-corrected chi connectivity index (χ0v) is 25.6. The summed E-state index contributed by atoms with van der Waals surface area (Å²) < 4.78 is 206. The van der Waals surface area contributed by atoms with Crippen molar-refractivity contribution in [2.75, 3.05) is 4.90 Å². The van der Waals surface area contributed by atoms with Gasteiger partial charge in [-0.1, -0.05) is 127 Å². The molecule has 49 heavy (non-hydrogen) atoms. The lowest BCUT2D eigenvalue weighted by Crippen LogP contribution is -2.10. The highest BCUT2D eigenvalue weighted by Gasteiger charge is 2.21.